The largest absolute Gasteiger partial charge is 0.444 e. The number of aromatic nitrogens is 3. The van der Waals surface area contributed by atoms with E-state index in [4.69, 9.17) is 16.0 Å². The van der Waals surface area contributed by atoms with Crippen LogP contribution in [0.2, 0.25) is 5.15 Å². The lowest BCUT2D eigenvalue weighted by atomic mass is 10.2. The van der Waals surface area contributed by atoms with Gasteiger partial charge in [0.15, 0.2) is 0 Å². The lowest BCUT2D eigenvalue weighted by Crippen LogP contribution is -2.05. The van der Waals surface area contributed by atoms with Crippen molar-refractivity contribution in [2.45, 2.75) is 33.2 Å². The molecule has 0 atom stereocenters. The van der Waals surface area contributed by atoms with Gasteiger partial charge in [-0.25, -0.2) is 15.0 Å². The fraction of sp³-hybridized carbons (Fsp3) is 0.417. The van der Waals surface area contributed by atoms with Crippen molar-refractivity contribution >= 4 is 17.4 Å². The van der Waals surface area contributed by atoms with Gasteiger partial charge in [-0.15, -0.1) is 0 Å². The molecular weight excluding hydrogens is 252 g/mol. The predicted octanol–water partition coefficient (Wildman–Crippen LogP) is 3.16. The molecule has 0 fully saturated rings. The zero-order valence-corrected chi connectivity index (χ0v) is 11.3. The number of oxazole rings is 1. The quantitative estimate of drug-likeness (QED) is 0.861. The Balaban J connectivity index is 2.09. The summed E-state index contributed by atoms with van der Waals surface area (Å²) in [5.74, 6) is 3.03. The minimum Gasteiger partial charge on any atom is -0.444 e. The first-order valence-corrected chi connectivity index (χ1v) is 6.12. The lowest BCUT2D eigenvalue weighted by Gasteiger charge is -2.08. The molecule has 0 aliphatic heterocycles. The molecule has 0 spiro atoms. The van der Waals surface area contributed by atoms with Gasteiger partial charge in [-0.3, -0.25) is 0 Å². The number of aryl methyl sites for hydroxylation is 1. The number of rotatable bonds is 4. The highest BCUT2D eigenvalue weighted by atomic mass is 35.5. The zero-order valence-electron chi connectivity index (χ0n) is 10.6. The minimum absolute atomic E-state index is 0.230. The summed E-state index contributed by atoms with van der Waals surface area (Å²) in [7, 11) is 0. The summed E-state index contributed by atoms with van der Waals surface area (Å²) in [6, 6.07) is 1.68. The molecule has 0 aromatic carbocycles. The second kappa shape index (κ2) is 5.35. The van der Waals surface area contributed by atoms with E-state index in [9.17, 15) is 0 Å². The molecule has 0 aliphatic rings. The van der Waals surface area contributed by atoms with E-state index in [1.807, 2.05) is 20.8 Å². The van der Waals surface area contributed by atoms with Crippen LogP contribution in [0.4, 0.5) is 5.82 Å². The van der Waals surface area contributed by atoms with Crippen molar-refractivity contribution in [1.29, 1.82) is 0 Å². The molecule has 18 heavy (non-hydrogen) atoms. The van der Waals surface area contributed by atoms with Gasteiger partial charge < -0.3 is 9.73 Å². The first-order valence-electron chi connectivity index (χ1n) is 5.74. The Hall–Kier alpha value is -1.62. The van der Waals surface area contributed by atoms with E-state index in [0.29, 0.717) is 29.2 Å². The summed E-state index contributed by atoms with van der Waals surface area (Å²) in [4.78, 5) is 12.7. The van der Waals surface area contributed by atoms with Crippen molar-refractivity contribution in [2.24, 2.45) is 0 Å². The van der Waals surface area contributed by atoms with E-state index in [-0.39, 0.29) is 5.92 Å². The Bertz CT molecular complexity index is 539. The fourth-order valence-corrected chi connectivity index (χ4v) is 1.62. The van der Waals surface area contributed by atoms with E-state index in [1.54, 1.807) is 12.3 Å². The maximum atomic E-state index is 5.95. The lowest BCUT2D eigenvalue weighted by molar-refractivity contribution is 0.478. The molecule has 0 aliphatic carbocycles. The highest BCUT2D eigenvalue weighted by molar-refractivity contribution is 6.29. The molecule has 2 aromatic rings. The van der Waals surface area contributed by atoms with Gasteiger partial charge >= 0.3 is 0 Å². The Morgan fingerprint density at radius 1 is 1.39 bits per heavy atom. The second-order valence-electron chi connectivity index (χ2n) is 4.31. The normalized spacial score (nSPS) is 10.9. The monoisotopic (exact) mass is 266 g/mol. The molecular formula is C12H15ClN4O. The first-order chi connectivity index (χ1) is 8.54. The summed E-state index contributed by atoms with van der Waals surface area (Å²) in [6.07, 6.45) is 1.68. The number of hydrogen-bond donors (Lipinski definition) is 1. The van der Waals surface area contributed by atoms with Gasteiger partial charge in [0.2, 0.25) is 5.89 Å². The van der Waals surface area contributed by atoms with Crippen LogP contribution < -0.4 is 5.32 Å². The van der Waals surface area contributed by atoms with Gasteiger partial charge in [-0.2, -0.15) is 0 Å². The summed E-state index contributed by atoms with van der Waals surface area (Å²) in [5.41, 5.74) is 0. The highest BCUT2D eigenvalue weighted by Gasteiger charge is 2.07. The van der Waals surface area contributed by atoms with Crippen molar-refractivity contribution in [3.63, 3.8) is 0 Å². The number of anilines is 1. The fourth-order valence-electron chi connectivity index (χ4n) is 1.43. The molecule has 0 radical (unpaired) electrons. The topological polar surface area (TPSA) is 63.8 Å². The van der Waals surface area contributed by atoms with Crippen molar-refractivity contribution in [1.82, 2.24) is 15.0 Å². The van der Waals surface area contributed by atoms with Gasteiger partial charge in [-0.05, 0) is 6.92 Å². The van der Waals surface area contributed by atoms with Crippen molar-refractivity contribution < 1.29 is 4.42 Å². The van der Waals surface area contributed by atoms with E-state index in [0.717, 1.165) is 5.76 Å². The average molecular weight is 267 g/mol. The van der Waals surface area contributed by atoms with Gasteiger partial charge in [0, 0.05) is 12.0 Å². The van der Waals surface area contributed by atoms with Crippen LogP contribution in [0.3, 0.4) is 0 Å². The van der Waals surface area contributed by atoms with Crippen LogP contribution >= 0.6 is 11.6 Å². The second-order valence-corrected chi connectivity index (χ2v) is 4.69. The van der Waals surface area contributed by atoms with E-state index >= 15 is 0 Å². The smallest absolute Gasteiger partial charge is 0.213 e. The highest BCUT2D eigenvalue weighted by Crippen LogP contribution is 2.17. The van der Waals surface area contributed by atoms with Gasteiger partial charge in [0.05, 0.1) is 12.7 Å². The third kappa shape index (κ3) is 3.20. The molecule has 1 N–H and O–H groups in total. The summed E-state index contributed by atoms with van der Waals surface area (Å²) < 4.78 is 5.36. The molecule has 5 nitrogen and oxygen atoms in total. The van der Waals surface area contributed by atoms with E-state index < -0.39 is 0 Å². The zero-order chi connectivity index (χ0) is 13.1. The van der Waals surface area contributed by atoms with E-state index in [2.05, 4.69) is 20.3 Å². The Morgan fingerprint density at radius 2 is 2.17 bits per heavy atom. The maximum Gasteiger partial charge on any atom is 0.213 e. The van der Waals surface area contributed by atoms with Crippen LogP contribution in [0, 0.1) is 6.92 Å². The molecule has 2 heterocycles. The molecule has 96 valence electrons. The molecule has 6 heteroatoms. The van der Waals surface area contributed by atoms with Crippen LogP contribution in [0.25, 0.3) is 0 Å². The first kappa shape index (κ1) is 12.8. The molecule has 0 saturated heterocycles. The van der Waals surface area contributed by atoms with Gasteiger partial charge in [0.25, 0.3) is 0 Å². The minimum atomic E-state index is 0.230. The number of halogens is 1. The number of nitrogens with zero attached hydrogens (tertiary/aromatic N) is 3. The molecule has 0 amide bonds. The average Bonchev–Trinajstić information content (AvgIpc) is 2.72. The molecule has 0 bridgehead atoms. The van der Waals surface area contributed by atoms with Crippen molar-refractivity contribution in [3.8, 4) is 0 Å². The third-order valence-electron chi connectivity index (χ3n) is 2.32. The van der Waals surface area contributed by atoms with Crippen molar-refractivity contribution in [3.05, 3.63) is 34.9 Å². The van der Waals surface area contributed by atoms with Crippen LogP contribution in [-0.2, 0) is 6.54 Å². The van der Waals surface area contributed by atoms with Gasteiger partial charge in [0.1, 0.15) is 22.6 Å². The maximum absolute atomic E-state index is 5.95. The van der Waals surface area contributed by atoms with Crippen molar-refractivity contribution in [2.75, 3.05) is 5.32 Å². The summed E-state index contributed by atoms with van der Waals surface area (Å²) >= 11 is 5.95. The van der Waals surface area contributed by atoms with Gasteiger partial charge in [-0.1, -0.05) is 25.4 Å². The third-order valence-corrected chi connectivity index (χ3v) is 2.51. The van der Waals surface area contributed by atoms with Crippen LogP contribution in [0.1, 0.15) is 37.2 Å². The summed E-state index contributed by atoms with van der Waals surface area (Å²) in [6.45, 7) is 6.37. The standard InChI is InChI=1S/C12H15ClN4O/c1-7(2)12-16-9(13)4-10(17-12)14-6-11-15-5-8(3)18-11/h4-5,7H,6H2,1-3H3,(H,14,16,17). The number of nitrogens with one attached hydrogen (secondary N) is 1. The molecule has 2 rings (SSSR count). The summed E-state index contributed by atoms with van der Waals surface area (Å²) in [5, 5.41) is 3.55. The molecule has 0 unspecified atom stereocenters. The Morgan fingerprint density at radius 3 is 2.78 bits per heavy atom. The Kier molecular flexibility index (Phi) is 3.81. The molecule has 2 aromatic heterocycles. The number of hydrogen-bond acceptors (Lipinski definition) is 5. The van der Waals surface area contributed by atoms with Crippen LogP contribution in [0.15, 0.2) is 16.7 Å². The SMILES string of the molecule is Cc1cnc(CNc2cc(Cl)nc(C(C)C)n2)o1. The van der Waals surface area contributed by atoms with E-state index in [1.165, 1.54) is 0 Å². The Labute approximate surface area is 111 Å². The molecule has 0 saturated carbocycles. The van der Waals surface area contributed by atoms with Crippen LogP contribution in [-0.4, -0.2) is 15.0 Å². The predicted molar refractivity (Wildman–Crippen MR) is 69.7 cm³/mol. The van der Waals surface area contributed by atoms with Crippen LogP contribution in [0.5, 0.6) is 0 Å².